The van der Waals surface area contributed by atoms with Crippen molar-refractivity contribution in [2.75, 3.05) is 6.54 Å². The summed E-state index contributed by atoms with van der Waals surface area (Å²) in [5.41, 5.74) is 1.01. The smallest absolute Gasteiger partial charge is 0.223 e. The summed E-state index contributed by atoms with van der Waals surface area (Å²) in [6.07, 6.45) is 0.0551. The van der Waals surface area contributed by atoms with Crippen molar-refractivity contribution in [3.8, 4) is 0 Å². The number of likely N-dealkylation sites (tertiary alicyclic amines) is 1. The Morgan fingerprint density at radius 2 is 2.06 bits per heavy atom. The van der Waals surface area contributed by atoms with E-state index in [0.717, 1.165) is 5.56 Å². The third-order valence-corrected chi connectivity index (χ3v) is 3.24. The van der Waals surface area contributed by atoms with Crippen LogP contribution < -0.4 is 5.11 Å². The van der Waals surface area contributed by atoms with Crippen LogP contribution in [0.4, 0.5) is 0 Å². The van der Waals surface area contributed by atoms with Crippen LogP contribution in [0, 0.1) is 5.92 Å². The van der Waals surface area contributed by atoms with E-state index < -0.39 is 11.9 Å². The molecule has 1 fully saturated rings. The standard InChI is InChI=1S/C13H15NO3/c1-9(10-5-3-2-4-6-10)14-8-11(13(16)17)7-12(14)15/h2-6,9,11H,7-8H2,1H3,(H,16,17)/p-1/t9-,11-/m0/s1. The van der Waals surface area contributed by atoms with Gasteiger partial charge in [-0.25, -0.2) is 0 Å². The van der Waals surface area contributed by atoms with E-state index in [-0.39, 0.29) is 24.9 Å². The zero-order chi connectivity index (χ0) is 12.4. The molecule has 1 aliphatic heterocycles. The summed E-state index contributed by atoms with van der Waals surface area (Å²) in [5, 5.41) is 10.8. The maximum atomic E-state index is 11.7. The van der Waals surface area contributed by atoms with Gasteiger partial charge < -0.3 is 14.8 Å². The van der Waals surface area contributed by atoms with E-state index in [1.807, 2.05) is 37.3 Å². The predicted octanol–water partition coefficient (Wildman–Crippen LogP) is 0.346. The van der Waals surface area contributed by atoms with Crippen LogP contribution >= 0.6 is 0 Å². The van der Waals surface area contributed by atoms with Gasteiger partial charge in [-0.1, -0.05) is 30.3 Å². The van der Waals surface area contributed by atoms with E-state index in [1.165, 1.54) is 0 Å². The largest absolute Gasteiger partial charge is 0.550 e. The maximum absolute atomic E-state index is 11.7. The normalized spacial score (nSPS) is 21.6. The molecule has 1 aliphatic rings. The number of nitrogens with zero attached hydrogens (tertiary/aromatic N) is 1. The molecule has 1 aromatic rings. The molecule has 0 saturated carbocycles. The predicted molar refractivity (Wildman–Crippen MR) is 59.7 cm³/mol. The monoisotopic (exact) mass is 232 g/mol. The van der Waals surface area contributed by atoms with Crippen LogP contribution in [0.15, 0.2) is 30.3 Å². The molecule has 0 aliphatic carbocycles. The van der Waals surface area contributed by atoms with Crippen molar-refractivity contribution >= 4 is 11.9 Å². The van der Waals surface area contributed by atoms with E-state index in [0.29, 0.717) is 0 Å². The second-order valence-corrected chi connectivity index (χ2v) is 4.35. The Balaban J connectivity index is 2.14. The molecule has 2 rings (SSSR count). The molecule has 1 heterocycles. The van der Waals surface area contributed by atoms with Gasteiger partial charge in [-0.15, -0.1) is 0 Å². The Bertz CT molecular complexity index is 430. The first kappa shape index (κ1) is 11.6. The molecular formula is C13H14NO3-. The van der Waals surface area contributed by atoms with Gasteiger partial charge in [0.1, 0.15) is 0 Å². The van der Waals surface area contributed by atoms with E-state index in [4.69, 9.17) is 0 Å². The fourth-order valence-corrected chi connectivity index (χ4v) is 2.18. The number of carboxylic acid groups (broad SMARTS) is 1. The molecule has 1 amide bonds. The van der Waals surface area contributed by atoms with Gasteiger partial charge in [-0.2, -0.15) is 0 Å². The first-order chi connectivity index (χ1) is 8.09. The zero-order valence-electron chi connectivity index (χ0n) is 9.63. The Labute approximate surface area is 99.9 Å². The highest BCUT2D eigenvalue weighted by molar-refractivity contribution is 5.85. The third-order valence-electron chi connectivity index (χ3n) is 3.24. The number of carboxylic acids is 1. The SMILES string of the molecule is C[C@@H](c1ccccc1)N1C[C@@H](C(=O)[O-])CC1=O. The Morgan fingerprint density at radius 3 is 2.59 bits per heavy atom. The van der Waals surface area contributed by atoms with Crippen LogP contribution in [-0.2, 0) is 9.59 Å². The average molecular weight is 232 g/mol. The molecule has 0 radical (unpaired) electrons. The van der Waals surface area contributed by atoms with E-state index in [9.17, 15) is 14.7 Å². The molecule has 2 atom stereocenters. The average Bonchev–Trinajstić information content (AvgIpc) is 2.72. The van der Waals surface area contributed by atoms with Gasteiger partial charge in [0.15, 0.2) is 0 Å². The minimum atomic E-state index is -1.14. The molecule has 0 bridgehead atoms. The van der Waals surface area contributed by atoms with Crippen molar-refractivity contribution in [3.63, 3.8) is 0 Å². The lowest BCUT2D eigenvalue weighted by atomic mass is 10.1. The summed E-state index contributed by atoms with van der Waals surface area (Å²) in [7, 11) is 0. The molecule has 0 spiro atoms. The summed E-state index contributed by atoms with van der Waals surface area (Å²) < 4.78 is 0. The molecule has 17 heavy (non-hydrogen) atoms. The Kier molecular flexibility index (Phi) is 3.13. The minimum Gasteiger partial charge on any atom is -0.550 e. The lowest BCUT2D eigenvalue weighted by Crippen LogP contribution is -2.34. The highest BCUT2D eigenvalue weighted by Gasteiger charge is 2.33. The van der Waals surface area contributed by atoms with Crippen molar-refractivity contribution in [1.29, 1.82) is 0 Å². The lowest BCUT2D eigenvalue weighted by Gasteiger charge is -2.25. The summed E-state index contributed by atoms with van der Waals surface area (Å²) in [4.78, 5) is 24.1. The number of carbonyl (C=O) groups is 2. The summed E-state index contributed by atoms with van der Waals surface area (Å²) in [6.45, 7) is 2.15. The van der Waals surface area contributed by atoms with Gasteiger partial charge in [0.2, 0.25) is 5.91 Å². The van der Waals surface area contributed by atoms with Crippen molar-refractivity contribution in [3.05, 3.63) is 35.9 Å². The molecule has 0 N–H and O–H groups in total. The first-order valence-electron chi connectivity index (χ1n) is 5.65. The van der Waals surface area contributed by atoms with Crippen molar-refractivity contribution in [2.24, 2.45) is 5.92 Å². The van der Waals surface area contributed by atoms with Gasteiger partial charge in [-0.3, -0.25) is 4.79 Å². The summed E-state index contributed by atoms with van der Waals surface area (Å²) in [6, 6.07) is 9.50. The van der Waals surface area contributed by atoms with E-state index in [1.54, 1.807) is 4.90 Å². The maximum Gasteiger partial charge on any atom is 0.223 e. The molecule has 4 heteroatoms. The molecule has 90 valence electrons. The van der Waals surface area contributed by atoms with Crippen LogP contribution in [0.1, 0.15) is 24.9 Å². The quantitative estimate of drug-likeness (QED) is 0.755. The fourth-order valence-electron chi connectivity index (χ4n) is 2.18. The Hall–Kier alpha value is -1.84. The number of amides is 1. The van der Waals surface area contributed by atoms with Crippen LogP contribution in [0.5, 0.6) is 0 Å². The second kappa shape index (κ2) is 4.57. The van der Waals surface area contributed by atoms with Crippen LogP contribution in [-0.4, -0.2) is 23.3 Å². The van der Waals surface area contributed by atoms with Gasteiger partial charge in [0, 0.05) is 24.9 Å². The zero-order valence-corrected chi connectivity index (χ0v) is 9.63. The number of carbonyl (C=O) groups excluding carboxylic acids is 2. The molecule has 4 nitrogen and oxygen atoms in total. The molecular weight excluding hydrogens is 218 g/mol. The number of benzene rings is 1. The highest BCUT2D eigenvalue weighted by Crippen LogP contribution is 2.27. The Morgan fingerprint density at radius 1 is 1.41 bits per heavy atom. The number of hydrogen-bond donors (Lipinski definition) is 0. The highest BCUT2D eigenvalue weighted by atomic mass is 16.4. The topological polar surface area (TPSA) is 60.4 Å². The van der Waals surface area contributed by atoms with Crippen LogP contribution in [0.2, 0.25) is 0 Å². The number of rotatable bonds is 3. The number of aliphatic carboxylic acids is 1. The molecule has 0 unspecified atom stereocenters. The van der Waals surface area contributed by atoms with Gasteiger partial charge in [0.25, 0.3) is 0 Å². The lowest BCUT2D eigenvalue weighted by molar-refractivity contribution is -0.311. The van der Waals surface area contributed by atoms with Crippen molar-refractivity contribution < 1.29 is 14.7 Å². The van der Waals surface area contributed by atoms with Crippen LogP contribution in [0.3, 0.4) is 0 Å². The van der Waals surface area contributed by atoms with Crippen molar-refractivity contribution in [2.45, 2.75) is 19.4 Å². The third kappa shape index (κ3) is 2.30. The summed E-state index contributed by atoms with van der Waals surface area (Å²) in [5.74, 6) is -1.93. The van der Waals surface area contributed by atoms with Gasteiger partial charge in [0.05, 0.1) is 6.04 Å². The van der Waals surface area contributed by atoms with E-state index >= 15 is 0 Å². The summed E-state index contributed by atoms with van der Waals surface area (Å²) >= 11 is 0. The first-order valence-corrected chi connectivity index (χ1v) is 5.65. The van der Waals surface area contributed by atoms with Gasteiger partial charge >= 0.3 is 0 Å². The van der Waals surface area contributed by atoms with Gasteiger partial charge in [-0.05, 0) is 12.5 Å². The molecule has 0 aromatic heterocycles. The number of hydrogen-bond acceptors (Lipinski definition) is 3. The second-order valence-electron chi connectivity index (χ2n) is 4.35. The van der Waals surface area contributed by atoms with Crippen molar-refractivity contribution in [1.82, 2.24) is 4.90 Å². The van der Waals surface area contributed by atoms with E-state index in [2.05, 4.69) is 0 Å². The molecule has 1 aromatic carbocycles. The fraction of sp³-hybridized carbons (Fsp3) is 0.385. The minimum absolute atomic E-state index is 0.0551. The van der Waals surface area contributed by atoms with Crippen LogP contribution in [0.25, 0.3) is 0 Å². The molecule has 1 saturated heterocycles.